The molecule has 0 aliphatic carbocycles. The van der Waals surface area contributed by atoms with E-state index in [2.05, 4.69) is 36.0 Å². The third-order valence-corrected chi connectivity index (χ3v) is 4.19. The van der Waals surface area contributed by atoms with Gasteiger partial charge >= 0.3 is 0 Å². The second-order valence-electron chi connectivity index (χ2n) is 5.64. The standard InChI is InChI=1S/C12H20N2OS/c1-12(2,3)11-13-10(8-16-11)6-14-4-9(5-14)7-15/h8-9,15H,4-7H2,1-3H3. The molecule has 4 heteroatoms. The molecule has 0 unspecified atom stereocenters. The maximum Gasteiger partial charge on any atom is 0.0982 e. The smallest absolute Gasteiger partial charge is 0.0982 e. The lowest BCUT2D eigenvalue weighted by molar-refractivity contribution is 0.0471. The van der Waals surface area contributed by atoms with Crippen molar-refractivity contribution in [1.82, 2.24) is 9.88 Å². The highest BCUT2D eigenvalue weighted by atomic mass is 32.1. The Bertz CT molecular complexity index is 350. The van der Waals surface area contributed by atoms with Gasteiger partial charge in [0, 0.05) is 43.0 Å². The van der Waals surface area contributed by atoms with Crippen molar-refractivity contribution in [1.29, 1.82) is 0 Å². The third kappa shape index (κ3) is 2.62. The molecule has 90 valence electrons. The summed E-state index contributed by atoms with van der Waals surface area (Å²) < 4.78 is 0. The van der Waals surface area contributed by atoms with Gasteiger partial charge in [0.2, 0.25) is 0 Å². The zero-order valence-corrected chi connectivity index (χ0v) is 11.0. The lowest BCUT2D eigenvalue weighted by atomic mass is 9.98. The molecule has 0 radical (unpaired) electrons. The minimum atomic E-state index is 0.158. The first-order chi connectivity index (χ1) is 7.49. The molecule has 1 fully saturated rings. The lowest BCUT2D eigenvalue weighted by Gasteiger charge is -2.37. The minimum absolute atomic E-state index is 0.158. The van der Waals surface area contributed by atoms with Crippen LogP contribution in [-0.2, 0) is 12.0 Å². The molecule has 1 N–H and O–H groups in total. The zero-order valence-electron chi connectivity index (χ0n) is 10.2. The fourth-order valence-corrected chi connectivity index (χ4v) is 2.77. The van der Waals surface area contributed by atoms with Crippen LogP contribution in [0.25, 0.3) is 0 Å². The molecule has 1 aliphatic heterocycles. The van der Waals surface area contributed by atoms with E-state index in [9.17, 15) is 0 Å². The molecular formula is C12H20N2OS. The predicted octanol–water partition coefficient (Wildman–Crippen LogP) is 1.86. The van der Waals surface area contributed by atoms with E-state index in [4.69, 9.17) is 5.11 Å². The Hall–Kier alpha value is -0.450. The van der Waals surface area contributed by atoms with Gasteiger partial charge in [0.05, 0.1) is 10.7 Å². The SMILES string of the molecule is CC(C)(C)c1nc(CN2CC(CO)C2)cs1. The van der Waals surface area contributed by atoms with Crippen LogP contribution in [0.5, 0.6) is 0 Å². The summed E-state index contributed by atoms with van der Waals surface area (Å²) >= 11 is 1.75. The molecule has 2 heterocycles. The number of likely N-dealkylation sites (tertiary alicyclic amines) is 1. The Morgan fingerprint density at radius 1 is 1.50 bits per heavy atom. The Morgan fingerprint density at radius 2 is 2.19 bits per heavy atom. The van der Waals surface area contributed by atoms with E-state index in [1.165, 1.54) is 10.7 Å². The van der Waals surface area contributed by atoms with Crippen LogP contribution in [-0.4, -0.2) is 34.7 Å². The van der Waals surface area contributed by atoms with Gasteiger partial charge in [-0.1, -0.05) is 20.8 Å². The van der Waals surface area contributed by atoms with Crippen molar-refractivity contribution >= 4 is 11.3 Å². The van der Waals surface area contributed by atoms with Crippen molar-refractivity contribution in [2.24, 2.45) is 5.92 Å². The number of hydrogen-bond donors (Lipinski definition) is 1. The Kier molecular flexibility index (Phi) is 3.33. The first kappa shape index (κ1) is 12.0. The molecule has 0 amide bonds. The van der Waals surface area contributed by atoms with Gasteiger partial charge in [-0.25, -0.2) is 4.98 Å². The summed E-state index contributed by atoms with van der Waals surface area (Å²) in [5.74, 6) is 0.487. The van der Waals surface area contributed by atoms with Gasteiger partial charge in [-0.15, -0.1) is 11.3 Å². The molecule has 0 bridgehead atoms. The molecule has 16 heavy (non-hydrogen) atoms. The second kappa shape index (κ2) is 4.43. The minimum Gasteiger partial charge on any atom is -0.396 e. The highest BCUT2D eigenvalue weighted by molar-refractivity contribution is 7.09. The number of aromatic nitrogens is 1. The van der Waals surface area contributed by atoms with E-state index in [0.717, 1.165) is 19.6 Å². The topological polar surface area (TPSA) is 36.4 Å². The average molecular weight is 240 g/mol. The van der Waals surface area contributed by atoms with E-state index >= 15 is 0 Å². The Morgan fingerprint density at radius 3 is 2.69 bits per heavy atom. The van der Waals surface area contributed by atoms with Crippen molar-refractivity contribution in [2.75, 3.05) is 19.7 Å². The maximum absolute atomic E-state index is 8.94. The highest BCUT2D eigenvalue weighted by Gasteiger charge is 2.26. The first-order valence-corrected chi connectivity index (χ1v) is 6.65. The number of thiazole rings is 1. The van der Waals surface area contributed by atoms with Crippen LogP contribution in [0.3, 0.4) is 0 Å². The van der Waals surface area contributed by atoms with E-state index in [-0.39, 0.29) is 5.41 Å². The predicted molar refractivity (Wildman–Crippen MR) is 66.7 cm³/mol. The van der Waals surface area contributed by atoms with E-state index in [1.807, 2.05) is 0 Å². The first-order valence-electron chi connectivity index (χ1n) is 5.77. The Balaban J connectivity index is 1.89. The van der Waals surface area contributed by atoms with E-state index in [0.29, 0.717) is 12.5 Å². The fraction of sp³-hybridized carbons (Fsp3) is 0.750. The number of aliphatic hydroxyl groups excluding tert-OH is 1. The summed E-state index contributed by atoms with van der Waals surface area (Å²) in [5, 5.41) is 12.3. The fourth-order valence-electron chi connectivity index (χ4n) is 1.87. The molecule has 0 saturated carbocycles. The van der Waals surface area contributed by atoms with Crippen molar-refractivity contribution < 1.29 is 5.11 Å². The summed E-state index contributed by atoms with van der Waals surface area (Å²) in [7, 11) is 0. The summed E-state index contributed by atoms with van der Waals surface area (Å²) in [5.41, 5.74) is 1.33. The molecule has 1 aromatic heterocycles. The summed E-state index contributed by atoms with van der Waals surface area (Å²) in [6.45, 7) is 9.87. The number of rotatable bonds is 3. The lowest BCUT2D eigenvalue weighted by Crippen LogP contribution is -2.47. The van der Waals surface area contributed by atoms with Gasteiger partial charge in [0.15, 0.2) is 0 Å². The van der Waals surface area contributed by atoms with Crippen LogP contribution < -0.4 is 0 Å². The summed E-state index contributed by atoms with van der Waals surface area (Å²) in [4.78, 5) is 7.00. The van der Waals surface area contributed by atoms with Gasteiger partial charge in [0.25, 0.3) is 0 Å². The van der Waals surface area contributed by atoms with Crippen LogP contribution in [0, 0.1) is 5.92 Å². The molecule has 0 atom stereocenters. The monoisotopic (exact) mass is 240 g/mol. The molecule has 1 saturated heterocycles. The van der Waals surface area contributed by atoms with Crippen LogP contribution in [0.15, 0.2) is 5.38 Å². The average Bonchev–Trinajstić information content (AvgIpc) is 2.57. The number of aliphatic hydroxyl groups is 1. The van der Waals surface area contributed by atoms with Crippen molar-refractivity contribution in [2.45, 2.75) is 32.7 Å². The number of hydrogen-bond acceptors (Lipinski definition) is 4. The molecule has 3 nitrogen and oxygen atoms in total. The van der Waals surface area contributed by atoms with Gasteiger partial charge in [-0.3, -0.25) is 4.90 Å². The van der Waals surface area contributed by atoms with Gasteiger partial charge in [-0.2, -0.15) is 0 Å². The molecule has 1 aromatic rings. The number of nitrogens with zero attached hydrogens (tertiary/aromatic N) is 2. The normalized spacial score (nSPS) is 18.8. The highest BCUT2D eigenvalue weighted by Crippen LogP contribution is 2.27. The zero-order chi connectivity index (χ0) is 11.8. The van der Waals surface area contributed by atoms with Gasteiger partial charge in [-0.05, 0) is 0 Å². The van der Waals surface area contributed by atoms with Crippen molar-refractivity contribution in [3.05, 3.63) is 16.1 Å². The molecule has 1 aliphatic rings. The quantitative estimate of drug-likeness (QED) is 0.876. The largest absolute Gasteiger partial charge is 0.396 e. The van der Waals surface area contributed by atoms with Crippen LogP contribution in [0.2, 0.25) is 0 Å². The maximum atomic E-state index is 8.94. The van der Waals surface area contributed by atoms with Gasteiger partial charge in [0.1, 0.15) is 0 Å². The summed E-state index contributed by atoms with van der Waals surface area (Å²) in [6, 6.07) is 0. The van der Waals surface area contributed by atoms with Crippen molar-refractivity contribution in [3.63, 3.8) is 0 Å². The van der Waals surface area contributed by atoms with Crippen molar-refractivity contribution in [3.8, 4) is 0 Å². The molecular weight excluding hydrogens is 220 g/mol. The van der Waals surface area contributed by atoms with Crippen LogP contribution in [0.1, 0.15) is 31.5 Å². The molecule has 2 rings (SSSR count). The Labute approximate surface area is 101 Å². The molecule has 0 spiro atoms. The van der Waals surface area contributed by atoms with E-state index < -0.39 is 0 Å². The third-order valence-electron chi connectivity index (χ3n) is 2.87. The van der Waals surface area contributed by atoms with Gasteiger partial charge < -0.3 is 5.11 Å². The van der Waals surface area contributed by atoms with Crippen LogP contribution in [0.4, 0.5) is 0 Å². The molecule has 0 aromatic carbocycles. The summed E-state index contributed by atoms with van der Waals surface area (Å²) in [6.07, 6.45) is 0. The van der Waals surface area contributed by atoms with Crippen LogP contribution >= 0.6 is 11.3 Å². The second-order valence-corrected chi connectivity index (χ2v) is 6.49. The van der Waals surface area contributed by atoms with E-state index in [1.54, 1.807) is 11.3 Å².